The smallest absolute Gasteiger partial charge is 0.351 e. The highest BCUT2D eigenvalue weighted by molar-refractivity contribution is 5.90. The first kappa shape index (κ1) is 18.4. The van der Waals surface area contributed by atoms with E-state index in [1.54, 1.807) is 18.2 Å². The Morgan fingerprint density at radius 3 is 2.76 bits per heavy atom. The summed E-state index contributed by atoms with van der Waals surface area (Å²) >= 11 is 0. The Morgan fingerprint density at radius 1 is 1.21 bits per heavy atom. The summed E-state index contributed by atoms with van der Waals surface area (Å²) in [6.07, 6.45) is 2.78. The molecule has 2 aromatic carbocycles. The van der Waals surface area contributed by atoms with E-state index in [1.807, 2.05) is 19.1 Å². The average Bonchev–Trinajstić information content (AvgIpc) is 3.00. The summed E-state index contributed by atoms with van der Waals surface area (Å²) in [5, 5.41) is 6.86. The number of benzene rings is 2. The topological polar surface area (TPSA) is 90.5 Å². The zero-order valence-corrected chi connectivity index (χ0v) is 15.4. The molecule has 4 aromatic rings. The maximum absolute atomic E-state index is 13.4. The third-order valence-corrected chi connectivity index (χ3v) is 4.11. The van der Waals surface area contributed by atoms with Crippen molar-refractivity contribution < 1.29 is 13.9 Å². The number of fused-ring (bicyclic) bond motifs is 1. The SMILES string of the molecule is Cc1ccc(NC(=O)Cn2nc3c(Oc4cccc(F)c4)nccn3c2=O)cc1. The van der Waals surface area contributed by atoms with Crippen LogP contribution in [0.5, 0.6) is 11.6 Å². The molecule has 1 amide bonds. The Morgan fingerprint density at radius 2 is 2.00 bits per heavy atom. The summed E-state index contributed by atoms with van der Waals surface area (Å²) < 4.78 is 21.2. The molecule has 0 aliphatic carbocycles. The van der Waals surface area contributed by atoms with Gasteiger partial charge in [-0.3, -0.25) is 4.79 Å². The van der Waals surface area contributed by atoms with Gasteiger partial charge in [-0.1, -0.05) is 23.8 Å². The van der Waals surface area contributed by atoms with Gasteiger partial charge in [-0.2, -0.15) is 0 Å². The Balaban J connectivity index is 1.59. The van der Waals surface area contributed by atoms with Gasteiger partial charge in [0.1, 0.15) is 18.1 Å². The maximum atomic E-state index is 13.4. The molecular formula is C20H16FN5O3. The van der Waals surface area contributed by atoms with E-state index >= 15 is 0 Å². The van der Waals surface area contributed by atoms with Crippen LogP contribution < -0.4 is 15.7 Å². The predicted octanol–water partition coefficient (Wildman–Crippen LogP) is 2.77. The number of nitrogens with zero attached hydrogens (tertiary/aromatic N) is 4. The number of hydrogen-bond donors (Lipinski definition) is 1. The number of rotatable bonds is 5. The molecule has 0 bridgehead atoms. The van der Waals surface area contributed by atoms with Crippen LogP contribution in [-0.4, -0.2) is 25.1 Å². The van der Waals surface area contributed by atoms with E-state index in [0.29, 0.717) is 5.69 Å². The first-order chi connectivity index (χ1) is 14.0. The number of hydrogen-bond acceptors (Lipinski definition) is 5. The highest BCUT2D eigenvalue weighted by atomic mass is 19.1. The van der Waals surface area contributed by atoms with E-state index in [1.165, 1.54) is 35.0 Å². The molecule has 1 N–H and O–H groups in total. The second kappa shape index (κ2) is 7.55. The minimum atomic E-state index is -0.523. The summed E-state index contributed by atoms with van der Waals surface area (Å²) in [6.45, 7) is 1.66. The molecule has 29 heavy (non-hydrogen) atoms. The zero-order valence-electron chi connectivity index (χ0n) is 15.4. The number of aryl methyl sites for hydroxylation is 1. The monoisotopic (exact) mass is 393 g/mol. The lowest BCUT2D eigenvalue weighted by atomic mass is 10.2. The number of aromatic nitrogens is 4. The third-order valence-electron chi connectivity index (χ3n) is 4.11. The number of carbonyl (C=O) groups excluding carboxylic acids is 1. The molecule has 4 rings (SSSR count). The molecule has 0 aliphatic heterocycles. The summed E-state index contributed by atoms with van der Waals surface area (Å²) in [5.41, 5.74) is 1.28. The van der Waals surface area contributed by atoms with Gasteiger partial charge in [0.2, 0.25) is 11.6 Å². The van der Waals surface area contributed by atoms with E-state index in [0.717, 1.165) is 10.2 Å². The molecule has 0 saturated heterocycles. The largest absolute Gasteiger partial charge is 0.436 e. The Bertz CT molecular complexity index is 1250. The molecule has 8 nitrogen and oxygen atoms in total. The average molecular weight is 393 g/mol. The molecule has 0 spiro atoms. The molecular weight excluding hydrogens is 377 g/mol. The summed E-state index contributed by atoms with van der Waals surface area (Å²) in [5.74, 6) is -0.636. The first-order valence-corrected chi connectivity index (χ1v) is 8.74. The number of halogens is 1. The number of amides is 1. The van der Waals surface area contributed by atoms with Crippen LogP contribution in [-0.2, 0) is 11.3 Å². The van der Waals surface area contributed by atoms with Crippen molar-refractivity contribution in [2.24, 2.45) is 0 Å². The summed E-state index contributed by atoms with van der Waals surface area (Å²) in [4.78, 5) is 28.9. The van der Waals surface area contributed by atoms with Gasteiger partial charge in [-0.25, -0.2) is 23.3 Å². The fourth-order valence-corrected chi connectivity index (χ4v) is 2.72. The fraction of sp³-hybridized carbons (Fsp3) is 0.100. The normalized spacial score (nSPS) is 10.8. The second-order valence-corrected chi connectivity index (χ2v) is 6.34. The van der Waals surface area contributed by atoms with Crippen molar-refractivity contribution in [2.45, 2.75) is 13.5 Å². The van der Waals surface area contributed by atoms with E-state index in [-0.39, 0.29) is 23.8 Å². The van der Waals surface area contributed by atoms with Crippen LogP contribution in [0.1, 0.15) is 5.56 Å². The van der Waals surface area contributed by atoms with E-state index in [2.05, 4.69) is 15.4 Å². The highest BCUT2D eigenvalue weighted by Gasteiger charge is 2.16. The lowest BCUT2D eigenvalue weighted by molar-refractivity contribution is -0.117. The minimum absolute atomic E-state index is 0.0212. The molecule has 2 aromatic heterocycles. The van der Waals surface area contributed by atoms with Crippen molar-refractivity contribution in [1.82, 2.24) is 19.2 Å². The van der Waals surface area contributed by atoms with Gasteiger partial charge in [0.05, 0.1) is 0 Å². The van der Waals surface area contributed by atoms with Gasteiger partial charge in [0.15, 0.2) is 0 Å². The van der Waals surface area contributed by atoms with E-state index in [4.69, 9.17) is 4.74 Å². The number of anilines is 1. The van der Waals surface area contributed by atoms with E-state index in [9.17, 15) is 14.0 Å². The van der Waals surface area contributed by atoms with Crippen LogP contribution in [0.4, 0.5) is 10.1 Å². The van der Waals surface area contributed by atoms with Crippen LogP contribution >= 0.6 is 0 Å². The van der Waals surface area contributed by atoms with E-state index < -0.39 is 17.4 Å². The second-order valence-electron chi connectivity index (χ2n) is 6.34. The standard InChI is InChI=1S/C20H16FN5O3/c1-13-5-7-15(8-6-13)23-17(27)12-26-20(28)25-10-9-22-19(18(25)24-26)29-16-4-2-3-14(21)11-16/h2-11H,12H2,1H3,(H,23,27). The molecule has 0 saturated carbocycles. The lowest BCUT2D eigenvalue weighted by Crippen LogP contribution is -2.28. The third kappa shape index (κ3) is 3.98. The van der Waals surface area contributed by atoms with Crippen molar-refractivity contribution in [2.75, 3.05) is 5.32 Å². The van der Waals surface area contributed by atoms with Gasteiger partial charge < -0.3 is 10.1 Å². The van der Waals surface area contributed by atoms with Crippen molar-refractivity contribution in [3.05, 3.63) is 82.8 Å². The number of carbonyl (C=O) groups is 1. The van der Waals surface area contributed by atoms with Gasteiger partial charge in [-0.05, 0) is 31.2 Å². The van der Waals surface area contributed by atoms with Crippen molar-refractivity contribution in [1.29, 1.82) is 0 Å². The molecule has 0 fully saturated rings. The number of ether oxygens (including phenoxy) is 1. The maximum Gasteiger partial charge on any atom is 0.351 e. The van der Waals surface area contributed by atoms with Crippen molar-refractivity contribution >= 4 is 17.2 Å². The first-order valence-electron chi connectivity index (χ1n) is 8.74. The van der Waals surface area contributed by atoms with Crippen LogP contribution in [0.2, 0.25) is 0 Å². The van der Waals surface area contributed by atoms with Crippen LogP contribution in [0, 0.1) is 12.7 Å². The van der Waals surface area contributed by atoms with Gasteiger partial charge >= 0.3 is 5.69 Å². The van der Waals surface area contributed by atoms with Gasteiger partial charge in [0.25, 0.3) is 5.88 Å². The Kier molecular flexibility index (Phi) is 4.78. The summed E-state index contributed by atoms with van der Waals surface area (Å²) in [7, 11) is 0. The molecule has 9 heteroatoms. The van der Waals surface area contributed by atoms with Crippen molar-refractivity contribution in [3.8, 4) is 11.6 Å². The molecule has 0 atom stereocenters. The number of nitrogens with one attached hydrogen (secondary N) is 1. The zero-order chi connectivity index (χ0) is 20.4. The van der Waals surface area contributed by atoms with Crippen LogP contribution in [0.3, 0.4) is 0 Å². The molecule has 0 aliphatic rings. The van der Waals surface area contributed by atoms with Crippen molar-refractivity contribution in [3.63, 3.8) is 0 Å². The van der Waals surface area contributed by atoms with Gasteiger partial charge in [0, 0.05) is 24.1 Å². The van der Waals surface area contributed by atoms with Gasteiger partial charge in [-0.15, -0.1) is 5.10 Å². The summed E-state index contributed by atoms with van der Waals surface area (Å²) in [6, 6.07) is 12.8. The molecule has 0 unspecified atom stereocenters. The Labute approximate surface area is 164 Å². The predicted molar refractivity (Wildman–Crippen MR) is 104 cm³/mol. The molecule has 0 radical (unpaired) electrons. The minimum Gasteiger partial charge on any atom is -0.436 e. The van der Waals surface area contributed by atoms with Crippen LogP contribution in [0.25, 0.3) is 5.65 Å². The fourth-order valence-electron chi connectivity index (χ4n) is 2.72. The van der Waals surface area contributed by atoms with Crippen LogP contribution in [0.15, 0.2) is 65.7 Å². The molecule has 2 heterocycles. The Hall–Kier alpha value is -4.01. The molecule has 146 valence electrons. The lowest BCUT2D eigenvalue weighted by Gasteiger charge is -2.05. The highest BCUT2D eigenvalue weighted by Crippen LogP contribution is 2.22. The quantitative estimate of drug-likeness (QED) is 0.563.